The smallest absolute Gasteiger partial charge is 0.331 e. The van der Waals surface area contributed by atoms with Crippen molar-refractivity contribution < 1.29 is 24.0 Å². The van der Waals surface area contributed by atoms with Crippen LogP contribution in [0.3, 0.4) is 0 Å². The molecule has 0 aromatic heterocycles. The number of ether oxygens (including phenoxy) is 2. The molecule has 0 aliphatic rings. The van der Waals surface area contributed by atoms with Crippen LogP contribution in [0, 0.1) is 10.1 Å². The number of esters is 1. The fourth-order valence-corrected chi connectivity index (χ4v) is 1.94. The summed E-state index contributed by atoms with van der Waals surface area (Å²) in [5.41, 5.74) is -0.0299. The van der Waals surface area contributed by atoms with Crippen LogP contribution < -0.4 is 5.32 Å². The number of hydrogen-bond donors (Lipinski definition) is 1. The molecular formula is C13H16N2O6. The molecule has 8 heteroatoms. The summed E-state index contributed by atoms with van der Waals surface area (Å²) in [5, 5.41) is 13.5. The lowest BCUT2D eigenvalue weighted by Gasteiger charge is -2.24. The quantitative estimate of drug-likeness (QED) is 0.476. The third-order valence-electron chi connectivity index (χ3n) is 2.81. The Morgan fingerprint density at radius 3 is 2.38 bits per heavy atom. The Balaban J connectivity index is 3.28. The normalized spacial score (nSPS) is 13.1. The van der Waals surface area contributed by atoms with Crippen molar-refractivity contribution in [3.05, 3.63) is 39.9 Å². The fraction of sp³-hybridized carbons (Fsp3) is 0.385. The van der Waals surface area contributed by atoms with Gasteiger partial charge >= 0.3 is 5.97 Å². The van der Waals surface area contributed by atoms with Gasteiger partial charge in [-0.15, -0.1) is 0 Å². The number of nitro benzene ring substituents is 1. The summed E-state index contributed by atoms with van der Waals surface area (Å²) in [4.78, 5) is 33.5. The van der Waals surface area contributed by atoms with E-state index < -0.39 is 28.9 Å². The maximum absolute atomic E-state index is 11.8. The minimum Gasteiger partial charge on any atom is -0.467 e. The number of nitrogens with one attached hydrogen (secondary N) is 1. The van der Waals surface area contributed by atoms with E-state index in [2.05, 4.69) is 10.1 Å². The molecule has 0 spiro atoms. The van der Waals surface area contributed by atoms with Crippen LogP contribution in [0.5, 0.6) is 0 Å². The number of para-hydroxylation sites is 1. The van der Waals surface area contributed by atoms with Gasteiger partial charge in [-0.1, -0.05) is 12.1 Å². The number of carbonyl (C=O) groups is 2. The van der Waals surface area contributed by atoms with E-state index >= 15 is 0 Å². The van der Waals surface area contributed by atoms with E-state index in [4.69, 9.17) is 4.74 Å². The monoisotopic (exact) mass is 296 g/mol. The van der Waals surface area contributed by atoms with Crippen molar-refractivity contribution in [1.82, 2.24) is 5.32 Å². The molecule has 21 heavy (non-hydrogen) atoms. The molecule has 0 saturated heterocycles. The lowest BCUT2D eigenvalue weighted by molar-refractivity contribution is -0.386. The molecule has 8 nitrogen and oxygen atoms in total. The number of benzene rings is 1. The molecule has 1 aromatic carbocycles. The molecule has 0 fully saturated rings. The van der Waals surface area contributed by atoms with Crippen LogP contribution in [0.4, 0.5) is 5.69 Å². The number of hydrogen-bond acceptors (Lipinski definition) is 6. The van der Waals surface area contributed by atoms with Gasteiger partial charge in [-0.2, -0.15) is 0 Å². The van der Waals surface area contributed by atoms with Gasteiger partial charge in [0.15, 0.2) is 6.04 Å². The number of methoxy groups -OCH3 is 2. The number of carbonyl (C=O) groups excluding carboxylic acids is 2. The van der Waals surface area contributed by atoms with Crippen molar-refractivity contribution in [1.29, 1.82) is 0 Å². The lowest BCUT2D eigenvalue weighted by atomic mass is 10.00. The molecule has 0 heterocycles. The predicted molar refractivity (Wildman–Crippen MR) is 72.5 cm³/mol. The topological polar surface area (TPSA) is 108 Å². The van der Waals surface area contributed by atoms with Gasteiger partial charge in [0.2, 0.25) is 5.91 Å². The van der Waals surface area contributed by atoms with E-state index in [9.17, 15) is 19.7 Å². The van der Waals surface area contributed by atoms with E-state index in [0.717, 1.165) is 7.11 Å². The van der Waals surface area contributed by atoms with Crippen molar-refractivity contribution in [3.63, 3.8) is 0 Å². The minimum absolute atomic E-state index is 0.175. The van der Waals surface area contributed by atoms with Gasteiger partial charge in [0.25, 0.3) is 5.69 Å². The average Bonchev–Trinajstić information content (AvgIpc) is 2.46. The van der Waals surface area contributed by atoms with Crippen molar-refractivity contribution in [3.8, 4) is 0 Å². The van der Waals surface area contributed by atoms with E-state index in [-0.39, 0.29) is 11.3 Å². The lowest BCUT2D eigenvalue weighted by Crippen LogP contribution is -2.45. The van der Waals surface area contributed by atoms with Crippen molar-refractivity contribution in [2.45, 2.75) is 19.1 Å². The Bertz CT molecular complexity index is 545. The Morgan fingerprint density at radius 2 is 1.90 bits per heavy atom. The SMILES string of the molecule is COC(=O)[C@@H](NC(C)=O)[C@H](OC)c1ccccc1[N+](=O)[O-]. The number of amides is 1. The highest BCUT2D eigenvalue weighted by Crippen LogP contribution is 2.29. The molecule has 1 N–H and O–H groups in total. The largest absolute Gasteiger partial charge is 0.467 e. The molecule has 0 radical (unpaired) electrons. The Kier molecular flexibility index (Phi) is 5.79. The summed E-state index contributed by atoms with van der Waals surface area (Å²) < 4.78 is 9.81. The van der Waals surface area contributed by atoms with Gasteiger partial charge in [-0.05, 0) is 6.07 Å². The highest BCUT2D eigenvalue weighted by atomic mass is 16.6. The van der Waals surface area contributed by atoms with Gasteiger partial charge in [-0.3, -0.25) is 14.9 Å². The summed E-state index contributed by atoms with van der Waals surface area (Å²) in [7, 11) is 2.45. The second-order valence-electron chi connectivity index (χ2n) is 4.17. The predicted octanol–water partition coefficient (Wildman–Crippen LogP) is 0.960. The highest BCUT2D eigenvalue weighted by Gasteiger charge is 2.35. The minimum atomic E-state index is -1.18. The fourth-order valence-electron chi connectivity index (χ4n) is 1.94. The zero-order chi connectivity index (χ0) is 16.0. The highest BCUT2D eigenvalue weighted by molar-refractivity contribution is 5.84. The van der Waals surface area contributed by atoms with E-state index in [1.807, 2.05) is 0 Å². The molecule has 0 saturated carbocycles. The average molecular weight is 296 g/mol. The molecule has 114 valence electrons. The number of nitro groups is 1. The molecule has 0 bridgehead atoms. The Hall–Kier alpha value is -2.48. The van der Waals surface area contributed by atoms with Crippen LogP contribution in [-0.2, 0) is 19.1 Å². The first-order valence-electron chi connectivity index (χ1n) is 6.03. The Morgan fingerprint density at radius 1 is 1.29 bits per heavy atom. The van der Waals surface area contributed by atoms with Gasteiger partial charge in [0, 0.05) is 20.1 Å². The molecule has 1 rings (SSSR count). The van der Waals surface area contributed by atoms with Crippen LogP contribution in [0.15, 0.2) is 24.3 Å². The van der Waals surface area contributed by atoms with Crippen LogP contribution in [-0.4, -0.2) is 37.1 Å². The first-order chi connectivity index (χ1) is 9.92. The molecular weight excluding hydrogens is 280 g/mol. The van der Waals surface area contributed by atoms with Crippen LogP contribution in [0.1, 0.15) is 18.6 Å². The molecule has 0 aliphatic carbocycles. The maximum Gasteiger partial charge on any atom is 0.331 e. The first-order valence-corrected chi connectivity index (χ1v) is 6.03. The van der Waals surface area contributed by atoms with Gasteiger partial charge in [0.1, 0.15) is 6.10 Å². The summed E-state index contributed by atoms with van der Waals surface area (Å²) in [6, 6.07) is 4.66. The molecule has 0 unspecified atom stereocenters. The van der Waals surface area contributed by atoms with Gasteiger partial charge in [0.05, 0.1) is 17.6 Å². The molecule has 1 amide bonds. The summed E-state index contributed by atoms with van der Waals surface area (Å²) >= 11 is 0. The van der Waals surface area contributed by atoms with Crippen molar-refractivity contribution >= 4 is 17.6 Å². The third-order valence-corrected chi connectivity index (χ3v) is 2.81. The standard InChI is InChI=1S/C13H16N2O6/c1-8(16)14-11(13(17)21-3)12(20-2)9-6-4-5-7-10(9)15(18)19/h4-7,11-12H,1-3H3,(H,14,16)/t11-,12+/m0/s1. The first kappa shape index (κ1) is 16.6. The zero-order valence-corrected chi connectivity index (χ0v) is 11.9. The van der Waals surface area contributed by atoms with Crippen LogP contribution >= 0.6 is 0 Å². The maximum atomic E-state index is 11.8. The third kappa shape index (κ3) is 3.99. The number of nitrogens with zero attached hydrogens (tertiary/aromatic N) is 1. The van der Waals surface area contributed by atoms with Crippen LogP contribution in [0.2, 0.25) is 0 Å². The van der Waals surface area contributed by atoms with Crippen molar-refractivity contribution in [2.75, 3.05) is 14.2 Å². The summed E-state index contributed by atoms with van der Waals surface area (Å²) in [6.45, 7) is 1.22. The molecule has 2 atom stereocenters. The van der Waals surface area contributed by atoms with E-state index in [0.29, 0.717) is 0 Å². The van der Waals surface area contributed by atoms with Crippen LogP contribution in [0.25, 0.3) is 0 Å². The second kappa shape index (κ2) is 7.34. The Labute approximate surface area is 121 Å². The van der Waals surface area contributed by atoms with E-state index in [1.54, 1.807) is 6.07 Å². The van der Waals surface area contributed by atoms with Crippen molar-refractivity contribution in [2.24, 2.45) is 0 Å². The number of rotatable bonds is 6. The second-order valence-corrected chi connectivity index (χ2v) is 4.17. The molecule has 1 aromatic rings. The summed E-state index contributed by atoms with van der Waals surface area (Å²) in [5.74, 6) is -1.23. The van der Waals surface area contributed by atoms with E-state index in [1.165, 1.54) is 32.2 Å². The zero-order valence-electron chi connectivity index (χ0n) is 11.9. The van der Waals surface area contributed by atoms with Gasteiger partial charge < -0.3 is 14.8 Å². The molecule has 0 aliphatic heterocycles. The van der Waals surface area contributed by atoms with Gasteiger partial charge in [-0.25, -0.2) is 4.79 Å². The summed E-state index contributed by atoms with van der Waals surface area (Å²) in [6.07, 6.45) is -1.04.